The summed E-state index contributed by atoms with van der Waals surface area (Å²) < 4.78 is 24.7. The largest absolute Gasteiger partial charge is 0.490 e. The molecule has 1 unspecified atom stereocenters. The topological polar surface area (TPSA) is 59.2 Å². The molecule has 0 saturated heterocycles. The van der Waals surface area contributed by atoms with E-state index >= 15 is 0 Å². The molecule has 0 amide bonds. The van der Waals surface area contributed by atoms with Crippen molar-refractivity contribution in [2.75, 3.05) is 18.5 Å². The van der Waals surface area contributed by atoms with Crippen LogP contribution in [0.5, 0.6) is 11.5 Å². The minimum atomic E-state index is -0.261. The molecule has 1 heterocycles. The number of hydrogen-bond donors (Lipinski definition) is 2. The van der Waals surface area contributed by atoms with Crippen LogP contribution in [0.25, 0.3) is 11.3 Å². The molecule has 1 aromatic heterocycles. The van der Waals surface area contributed by atoms with E-state index < -0.39 is 0 Å². The van der Waals surface area contributed by atoms with E-state index in [-0.39, 0.29) is 11.7 Å². The normalized spacial score (nSPS) is 14.6. The average Bonchev–Trinajstić information content (AvgIpc) is 3.18. The first-order valence-electron chi connectivity index (χ1n) is 9.17. The van der Waals surface area contributed by atoms with Gasteiger partial charge in [-0.2, -0.15) is 5.10 Å². The first kappa shape index (κ1) is 17.4. The Morgan fingerprint density at radius 1 is 1.07 bits per heavy atom. The van der Waals surface area contributed by atoms with Gasteiger partial charge >= 0.3 is 0 Å². The van der Waals surface area contributed by atoms with Gasteiger partial charge in [0.25, 0.3) is 0 Å². The lowest BCUT2D eigenvalue weighted by molar-refractivity contribution is 0.287. The summed E-state index contributed by atoms with van der Waals surface area (Å²) >= 11 is 0. The van der Waals surface area contributed by atoms with Crippen molar-refractivity contribution in [2.45, 2.75) is 26.7 Å². The molecule has 2 aromatic carbocycles. The average molecular weight is 367 g/mol. The summed E-state index contributed by atoms with van der Waals surface area (Å²) in [6, 6.07) is 10.3. The second kappa shape index (κ2) is 6.95. The van der Waals surface area contributed by atoms with E-state index in [1.165, 1.54) is 12.1 Å². The molecular weight excluding hydrogens is 345 g/mol. The van der Waals surface area contributed by atoms with Gasteiger partial charge in [0, 0.05) is 22.7 Å². The highest BCUT2D eigenvalue weighted by Crippen LogP contribution is 2.50. The summed E-state index contributed by atoms with van der Waals surface area (Å²) in [5.74, 6) is 2.19. The Bertz CT molecular complexity index is 966. The van der Waals surface area contributed by atoms with Crippen LogP contribution >= 0.6 is 0 Å². The van der Waals surface area contributed by atoms with Crippen LogP contribution < -0.4 is 14.8 Å². The third-order valence-electron chi connectivity index (χ3n) is 4.79. The fourth-order valence-corrected chi connectivity index (χ4v) is 3.58. The molecule has 0 saturated carbocycles. The van der Waals surface area contributed by atoms with E-state index in [0.717, 1.165) is 45.4 Å². The van der Waals surface area contributed by atoms with Crippen molar-refractivity contribution in [3.05, 3.63) is 53.3 Å². The first-order valence-corrected chi connectivity index (χ1v) is 9.17. The highest BCUT2D eigenvalue weighted by atomic mass is 19.1. The van der Waals surface area contributed by atoms with Crippen molar-refractivity contribution >= 4 is 11.5 Å². The van der Waals surface area contributed by atoms with Gasteiger partial charge in [-0.05, 0) is 55.8 Å². The summed E-state index contributed by atoms with van der Waals surface area (Å²) in [6.07, 6.45) is 0. The number of aromatic nitrogens is 2. The second-order valence-corrected chi connectivity index (χ2v) is 6.47. The number of anilines is 2. The molecule has 0 spiro atoms. The van der Waals surface area contributed by atoms with Crippen molar-refractivity contribution in [1.82, 2.24) is 10.2 Å². The van der Waals surface area contributed by atoms with Crippen LogP contribution in [-0.4, -0.2) is 23.4 Å². The summed E-state index contributed by atoms with van der Waals surface area (Å²) in [6.45, 7) is 7.21. The van der Waals surface area contributed by atoms with Crippen molar-refractivity contribution in [3.63, 3.8) is 0 Å². The smallest absolute Gasteiger partial charge is 0.161 e. The van der Waals surface area contributed by atoms with Gasteiger partial charge in [-0.1, -0.05) is 6.92 Å². The lowest BCUT2D eigenvalue weighted by Crippen LogP contribution is -2.01. The molecule has 0 bridgehead atoms. The molecule has 4 rings (SSSR count). The van der Waals surface area contributed by atoms with Crippen LogP contribution in [0.3, 0.4) is 0 Å². The van der Waals surface area contributed by atoms with Gasteiger partial charge in [-0.15, -0.1) is 0 Å². The van der Waals surface area contributed by atoms with E-state index in [1.54, 1.807) is 12.1 Å². The standard InChI is InChI=1S/C21H22FN3O2/c1-4-26-17-10-15-12(3)19-20(16(15)11-18(17)27-5-2)24-25-21(19)23-14-8-6-13(22)7-9-14/h6-12H,4-5H2,1-3H3,(H2,23,24,25). The molecule has 1 atom stereocenters. The highest BCUT2D eigenvalue weighted by Gasteiger charge is 2.33. The van der Waals surface area contributed by atoms with E-state index in [1.807, 2.05) is 19.9 Å². The molecule has 1 aliphatic carbocycles. The Labute approximate surface area is 157 Å². The molecule has 140 valence electrons. The fraction of sp³-hybridized carbons (Fsp3) is 0.286. The van der Waals surface area contributed by atoms with Crippen LogP contribution in [-0.2, 0) is 0 Å². The molecule has 0 aliphatic heterocycles. The van der Waals surface area contributed by atoms with Crippen LogP contribution in [0.4, 0.5) is 15.9 Å². The van der Waals surface area contributed by atoms with Crippen molar-refractivity contribution < 1.29 is 13.9 Å². The molecule has 5 nitrogen and oxygen atoms in total. The van der Waals surface area contributed by atoms with Crippen molar-refractivity contribution in [1.29, 1.82) is 0 Å². The maximum atomic E-state index is 13.2. The molecule has 0 radical (unpaired) electrons. The number of nitrogens with zero attached hydrogens (tertiary/aromatic N) is 1. The van der Waals surface area contributed by atoms with Crippen LogP contribution in [0.2, 0.25) is 0 Å². The molecule has 6 heteroatoms. The fourth-order valence-electron chi connectivity index (χ4n) is 3.58. The Kier molecular flexibility index (Phi) is 4.48. The predicted octanol–water partition coefficient (Wildman–Crippen LogP) is 5.22. The number of rotatable bonds is 6. The van der Waals surface area contributed by atoms with E-state index in [0.29, 0.717) is 13.2 Å². The SMILES string of the molecule is CCOc1cc2c(cc1OCC)C(C)c1c-2n[nH]c1Nc1ccc(F)cc1. The van der Waals surface area contributed by atoms with E-state index in [2.05, 4.69) is 28.5 Å². The summed E-state index contributed by atoms with van der Waals surface area (Å²) in [7, 11) is 0. The van der Waals surface area contributed by atoms with Crippen molar-refractivity contribution in [3.8, 4) is 22.8 Å². The summed E-state index contributed by atoms with van der Waals surface area (Å²) in [5.41, 5.74) is 5.01. The van der Waals surface area contributed by atoms with Gasteiger partial charge in [0.2, 0.25) is 0 Å². The van der Waals surface area contributed by atoms with Gasteiger partial charge in [-0.25, -0.2) is 4.39 Å². The number of hydrogen-bond acceptors (Lipinski definition) is 4. The van der Waals surface area contributed by atoms with Gasteiger partial charge in [0.1, 0.15) is 11.6 Å². The minimum absolute atomic E-state index is 0.145. The maximum Gasteiger partial charge on any atom is 0.161 e. The molecule has 2 N–H and O–H groups in total. The van der Waals surface area contributed by atoms with Crippen LogP contribution in [0, 0.1) is 5.82 Å². The lowest BCUT2D eigenvalue weighted by atomic mass is 9.99. The van der Waals surface area contributed by atoms with E-state index in [4.69, 9.17) is 9.47 Å². The number of benzene rings is 2. The Balaban J connectivity index is 1.73. The molecule has 0 fully saturated rings. The molecule has 27 heavy (non-hydrogen) atoms. The predicted molar refractivity (Wildman–Crippen MR) is 104 cm³/mol. The third kappa shape index (κ3) is 3.01. The zero-order valence-electron chi connectivity index (χ0n) is 15.6. The van der Waals surface area contributed by atoms with Crippen molar-refractivity contribution in [2.24, 2.45) is 0 Å². The number of fused-ring (bicyclic) bond motifs is 3. The summed E-state index contributed by atoms with van der Waals surface area (Å²) in [5, 5.41) is 10.9. The van der Waals surface area contributed by atoms with Crippen LogP contribution in [0.1, 0.15) is 37.8 Å². The lowest BCUT2D eigenvalue weighted by Gasteiger charge is -2.15. The molecule has 3 aromatic rings. The Hall–Kier alpha value is -3.02. The molecular formula is C21H22FN3O2. The Morgan fingerprint density at radius 3 is 2.41 bits per heavy atom. The summed E-state index contributed by atoms with van der Waals surface area (Å²) in [4.78, 5) is 0. The monoisotopic (exact) mass is 367 g/mol. The zero-order chi connectivity index (χ0) is 19.0. The number of halogens is 1. The first-order chi connectivity index (χ1) is 13.1. The Morgan fingerprint density at radius 2 is 1.74 bits per heavy atom. The van der Waals surface area contributed by atoms with Gasteiger partial charge < -0.3 is 14.8 Å². The quantitative estimate of drug-likeness (QED) is 0.627. The van der Waals surface area contributed by atoms with Gasteiger partial charge in [-0.3, -0.25) is 5.10 Å². The number of nitrogens with one attached hydrogen (secondary N) is 2. The number of ether oxygens (including phenoxy) is 2. The highest BCUT2D eigenvalue weighted by molar-refractivity contribution is 5.83. The maximum absolute atomic E-state index is 13.2. The van der Waals surface area contributed by atoms with E-state index in [9.17, 15) is 4.39 Å². The number of aromatic amines is 1. The third-order valence-corrected chi connectivity index (χ3v) is 4.79. The zero-order valence-corrected chi connectivity index (χ0v) is 15.6. The second-order valence-electron chi connectivity index (χ2n) is 6.47. The van der Waals surface area contributed by atoms with Gasteiger partial charge in [0.05, 0.1) is 18.9 Å². The molecule has 1 aliphatic rings. The van der Waals surface area contributed by atoms with Gasteiger partial charge in [0.15, 0.2) is 11.5 Å². The number of H-pyrrole nitrogens is 1. The van der Waals surface area contributed by atoms with Crippen LogP contribution in [0.15, 0.2) is 36.4 Å². The minimum Gasteiger partial charge on any atom is -0.490 e.